The molecule has 0 unspecified atom stereocenters. The van der Waals surface area contributed by atoms with Crippen molar-refractivity contribution in [1.82, 2.24) is 4.90 Å². The Morgan fingerprint density at radius 2 is 1.95 bits per heavy atom. The van der Waals surface area contributed by atoms with E-state index in [2.05, 4.69) is 5.32 Å². The number of nitrogens with zero attached hydrogens (tertiary/aromatic N) is 1. The number of hydrogen-bond acceptors (Lipinski definition) is 2. The molecule has 2 aromatic carbocycles. The van der Waals surface area contributed by atoms with Gasteiger partial charge in [0.25, 0.3) is 0 Å². The molecule has 0 aromatic heterocycles. The molecule has 0 bridgehead atoms. The maximum Gasteiger partial charge on any atom is 0.173 e. The summed E-state index contributed by atoms with van der Waals surface area (Å²) < 4.78 is 18.1. The molecule has 3 nitrogen and oxygen atoms in total. The zero-order chi connectivity index (χ0) is 15.2. The molecule has 1 N–H and O–H groups in total. The Bertz CT molecular complexity index is 616. The van der Waals surface area contributed by atoms with Crippen LogP contribution in [0.1, 0.15) is 5.56 Å². The van der Waals surface area contributed by atoms with Crippen molar-refractivity contribution < 1.29 is 9.13 Å². The molecule has 0 heterocycles. The van der Waals surface area contributed by atoms with Crippen LogP contribution in [0.25, 0.3) is 0 Å². The quantitative estimate of drug-likeness (QED) is 0.871. The highest BCUT2D eigenvalue weighted by Crippen LogP contribution is 2.15. The fourth-order valence-corrected chi connectivity index (χ4v) is 2.05. The highest BCUT2D eigenvalue weighted by Gasteiger charge is 2.06. The molecule has 0 fully saturated rings. The molecular formula is C16H17FN2OS. The van der Waals surface area contributed by atoms with Gasteiger partial charge in [0.1, 0.15) is 11.6 Å². The first kappa shape index (κ1) is 15.3. The number of rotatable bonds is 4. The fraction of sp³-hybridized carbons (Fsp3) is 0.188. The Balaban J connectivity index is 1.97. The first-order valence-electron chi connectivity index (χ1n) is 6.49. The van der Waals surface area contributed by atoms with Gasteiger partial charge in [-0.05, 0) is 54.2 Å². The van der Waals surface area contributed by atoms with E-state index in [4.69, 9.17) is 17.0 Å². The van der Waals surface area contributed by atoms with E-state index in [1.165, 1.54) is 12.1 Å². The summed E-state index contributed by atoms with van der Waals surface area (Å²) in [5, 5.41) is 3.65. The molecular weight excluding hydrogens is 287 g/mol. The van der Waals surface area contributed by atoms with E-state index < -0.39 is 0 Å². The number of benzene rings is 2. The summed E-state index contributed by atoms with van der Waals surface area (Å²) in [6.45, 7) is 0.657. The predicted octanol–water partition coefficient (Wildman–Crippen LogP) is 3.66. The van der Waals surface area contributed by atoms with Crippen LogP contribution in [0, 0.1) is 5.82 Å². The standard InChI is InChI=1S/C16H17FN2OS/c1-19(11-12-4-3-5-15(10-12)20-2)16(21)18-14-8-6-13(17)7-9-14/h3-10H,11H2,1-2H3,(H,18,21). The second-order valence-corrected chi connectivity index (χ2v) is 5.03. The van der Waals surface area contributed by atoms with Crippen molar-refractivity contribution in [2.45, 2.75) is 6.54 Å². The van der Waals surface area contributed by atoms with Crippen molar-refractivity contribution in [3.63, 3.8) is 0 Å². The van der Waals surface area contributed by atoms with Crippen LogP contribution in [0.4, 0.5) is 10.1 Å². The average Bonchev–Trinajstić information content (AvgIpc) is 2.49. The first-order valence-corrected chi connectivity index (χ1v) is 6.90. The van der Waals surface area contributed by atoms with Crippen LogP contribution in [0.5, 0.6) is 5.75 Å². The second kappa shape index (κ2) is 7.04. The van der Waals surface area contributed by atoms with Crippen molar-refractivity contribution in [3.8, 4) is 5.75 Å². The molecule has 0 spiro atoms. The third kappa shape index (κ3) is 4.43. The SMILES string of the molecule is COc1cccc(CN(C)C(=S)Nc2ccc(F)cc2)c1. The molecule has 0 radical (unpaired) electrons. The van der Waals surface area contributed by atoms with Crippen LogP contribution in [-0.2, 0) is 6.54 Å². The number of halogens is 1. The zero-order valence-electron chi connectivity index (χ0n) is 12.0. The van der Waals surface area contributed by atoms with Crippen molar-refractivity contribution in [2.24, 2.45) is 0 Å². The molecule has 0 saturated carbocycles. The van der Waals surface area contributed by atoms with E-state index in [0.29, 0.717) is 11.7 Å². The van der Waals surface area contributed by atoms with Gasteiger partial charge in [0, 0.05) is 19.3 Å². The third-order valence-corrected chi connectivity index (χ3v) is 3.41. The largest absolute Gasteiger partial charge is 0.497 e. The van der Waals surface area contributed by atoms with Gasteiger partial charge in [-0.15, -0.1) is 0 Å². The molecule has 2 aromatic rings. The maximum absolute atomic E-state index is 12.9. The summed E-state index contributed by atoms with van der Waals surface area (Å²) in [5.41, 5.74) is 1.86. The summed E-state index contributed by atoms with van der Waals surface area (Å²) in [5.74, 6) is 0.550. The van der Waals surface area contributed by atoms with Crippen molar-refractivity contribution in [1.29, 1.82) is 0 Å². The lowest BCUT2D eigenvalue weighted by Crippen LogP contribution is -2.30. The minimum atomic E-state index is -0.267. The summed E-state index contributed by atoms with van der Waals surface area (Å²) in [7, 11) is 3.54. The van der Waals surface area contributed by atoms with Crippen LogP contribution in [0.15, 0.2) is 48.5 Å². The lowest BCUT2D eigenvalue weighted by Gasteiger charge is -2.21. The first-order chi connectivity index (χ1) is 10.1. The number of thiocarbonyl (C=S) groups is 1. The van der Waals surface area contributed by atoms with E-state index >= 15 is 0 Å². The minimum absolute atomic E-state index is 0.267. The minimum Gasteiger partial charge on any atom is -0.497 e. The fourth-order valence-electron chi connectivity index (χ4n) is 1.87. The average molecular weight is 304 g/mol. The summed E-state index contributed by atoms with van der Waals surface area (Å²) in [6.07, 6.45) is 0. The Hall–Kier alpha value is -2.14. The van der Waals surface area contributed by atoms with Crippen LogP contribution in [-0.4, -0.2) is 24.2 Å². The normalized spacial score (nSPS) is 10.0. The molecule has 0 aliphatic carbocycles. The molecule has 0 amide bonds. The molecule has 0 aliphatic rings. The smallest absolute Gasteiger partial charge is 0.173 e. The molecule has 0 aliphatic heterocycles. The van der Waals surface area contributed by atoms with Gasteiger partial charge in [0.15, 0.2) is 5.11 Å². The van der Waals surface area contributed by atoms with Crippen molar-refractivity contribution in [3.05, 3.63) is 59.9 Å². The van der Waals surface area contributed by atoms with Crippen molar-refractivity contribution >= 4 is 23.0 Å². The third-order valence-electron chi connectivity index (χ3n) is 3.00. The second-order valence-electron chi connectivity index (χ2n) is 4.64. The predicted molar refractivity (Wildman–Crippen MR) is 87.1 cm³/mol. The number of nitrogens with one attached hydrogen (secondary N) is 1. The highest BCUT2D eigenvalue weighted by molar-refractivity contribution is 7.80. The topological polar surface area (TPSA) is 24.5 Å². The van der Waals surface area contributed by atoms with E-state index in [1.54, 1.807) is 19.2 Å². The Kier molecular flexibility index (Phi) is 5.11. The van der Waals surface area contributed by atoms with E-state index in [-0.39, 0.29) is 5.82 Å². The van der Waals surface area contributed by atoms with Crippen LogP contribution in [0.2, 0.25) is 0 Å². The lowest BCUT2D eigenvalue weighted by atomic mass is 10.2. The van der Waals surface area contributed by atoms with Gasteiger partial charge in [0.05, 0.1) is 7.11 Å². The molecule has 5 heteroatoms. The summed E-state index contributed by atoms with van der Waals surface area (Å²) in [6, 6.07) is 13.9. The van der Waals surface area contributed by atoms with Gasteiger partial charge in [-0.25, -0.2) is 4.39 Å². The summed E-state index contributed by atoms with van der Waals surface area (Å²) in [4.78, 5) is 1.91. The monoisotopic (exact) mass is 304 g/mol. The van der Waals surface area contributed by atoms with Crippen LogP contribution < -0.4 is 10.1 Å². The van der Waals surface area contributed by atoms with Crippen LogP contribution >= 0.6 is 12.2 Å². The zero-order valence-corrected chi connectivity index (χ0v) is 12.8. The van der Waals surface area contributed by atoms with Gasteiger partial charge in [-0.3, -0.25) is 0 Å². The van der Waals surface area contributed by atoms with Gasteiger partial charge in [-0.2, -0.15) is 0 Å². The highest BCUT2D eigenvalue weighted by atomic mass is 32.1. The van der Waals surface area contributed by atoms with E-state index in [1.807, 2.05) is 36.2 Å². The number of ether oxygens (including phenoxy) is 1. The van der Waals surface area contributed by atoms with Gasteiger partial charge in [-0.1, -0.05) is 12.1 Å². The molecule has 0 saturated heterocycles. The van der Waals surface area contributed by atoms with Crippen molar-refractivity contribution in [2.75, 3.05) is 19.5 Å². The van der Waals surface area contributed by atoms with E-state index in [9.17, 15) is 4.39 Å². The van der Waals surface area contributed by atoms with Gasteiger partial charge < -0.3 is 15.0 Å². The number of methoxy groups -OCH3 is 1. The molecule has 0 atom stereocenters. The molecule has 2 rings (SSSR count). The Morgan fingerprint density at radius 1 is 1.24 bits per heavy atom. The molecule has 21 heavy (non-hydrogen) atoms. The lowest BCUT2D eigenvalue weighted by molar-refractivity contribution is 0.413. The Labute approximate surface area is 129 Å². The van der Waals surface area contributed by atoms with Crippen LogP contribution in [0.3, 0.4) is 0 Å². The summed E-state index contributed by atoms with van der Waals surface area (Å²) >= 11 is 5.34. The number of hydrogen-bond donors (Lipinski definition) is 1. The van der Waals surface area contributed by atoms with Gasteiger partial charge in [0.2, 0.25) is 0 Å². The number of anilines is 1. The Morgan fingerprint density at radius 3 is 2.62 bits per heavy atom. The van der Waals surface area contributed by atoms with Gasteiger partial charge >= 0.3 is 0 Å². The maximum atomic E-state index is 12.9. The van der Waals surface area contributed by atoms with E-state index in [0.717, 1.165) is 17.0 Å². The molecule has 110 valence electrons.